The Morgan fingerprint density at radius 3 is 2.53 bits per heavy atom. The van der Waals surface area contributed by atoms with Crippen LogP contribution in [0.3, 0.4) is 0 Å². The molecule has 0 amide bonds. The van der Waals surface area contributed by atoms with Crippen molar-refractivity contribution in [2.75, 3.05) is 0 Å². The number of carboxylic acid groups (broad SMARTS) is 1. The summed E-state index contributed by atoms with van der Waals surface area (Å²) in [5.74, 6) is -0.259. The number of nitrogens with zero attached hydrogens (tertiary/aromatic N) is 2. The predicted octanol–water partition coefficient (Wildman–Crippen LogP) is 4.93. The third kappa shape index (κ3) is 5.05. The minimum atomic E-state index is -1.32. The van der Waals surface area contributed by atoms with E-state index in [-0.39, 0.29) is 5.69 Å². The molecule has 1 heterocycles. The van der Waals surface area contributed by atoms with Crippen molar-refractivity contribution in [1.82, 2.24) is 10.3 Å². The van der Waals surface area contributed by atoms with Gasteiger partial charge >= 0.3 is 5.97 Å². The standard InChI is InChI=1S/C25H23N3O6/c1-25(2,24(29)30)34-19-11-7-16(8-12-19)14-26-15-17-9-10-18(28(31)32)13-20(17)23-27-21-5-3-4-6-22(21)33-23/h3-13,26H,14-15H2,1-2H3,(H,29,30). The third-order valence-electron chi connectivity index (χ3n) is 5.28. The van der Waals surface area contributed by atoms with Gasteiger partial charge in [-0.05, 0) is 49.2 Å². The fourth-order valence-electron chi connectivity index (χ4n) is 3.37. The lowest BCUT2D eigenvalue weighted by atomic mass is 10.1. The molecule has 0 spiro atoms. The maximum atomic E-state index is 11.3. The van der Waals surface area contributed by atoms with Crippen molar-refractivity contribution in [2.45, 2.75) is 32.5 Å². The molecule has 9 heteroatoms. The Hall–Kier alpha value is -4.24. The van der Waals surface area contributed by atoms with E-state index in [1.54, 1.807) is 24.3 Å². The minimum Gasteiger partial charge on any atom is -0.478 e. The van der Waals surface area contributed by atoms with Gasteiger partial charge in [0.1, 0.15) is 11.3 Å². The summed E-state index contributed by atoms with van der Waals surface area (Å²) in [7, 11) is 0. The highest BCUT2D eigenvalue weighted by molar-refractivity contribution is 5.77. The number of nitro benzene ring substituents is 1. The number of aliphatic carboxylic acids is 1. The van der Waals surface area contributed by atoms with E-state index < -0.39 is 16.5 Å². The number of nitro groups is 1. The van der Waals surface area contributed by atoms with Crippen LogP contribution in [0.25, 0.3) is 22.6 Å². The fraction of sp³-hybridized carbons (Fsp3) is 0.200. The summed E-state index contributed by atoms with van der Waals surface area (Å²) in [5.41, 5.74) is 2.24. The van der Waals surface area contributed by atoms with Gasteiger partial charge in [0, 0.05) is 30.8 Å². The van der Waals surface area contributed by atoms with Crippen molar-refractivity contribution < 1.29 is 24.0 Å². The van der Waals surface area contributed by atoms with Crippen molar-refractivity contribution in [1.29, 1.82) is 0 Å². The van der Waals surface area contributed by atoms with Crippen LogP contribution in [-0.2, 0) is 17.9 Å². The van der Waals surface area contributed by atoms with Crippen molar-refractivity contribution in [3.63, 3.8) is 0 Å². The molecule has 0 atom stereocenters. The molecule has 0 aliphatic rings. The van der Waals surface area contributed by atoms with E-state index in [1.165, 1.54) is 26.0 Å². The van der Waals surface area contributed by atoms with Crippen LogP contribution in [0, 0.1) is 10.1 Å². The molecular formula is C25H23N3O6. The maximum Gasteiger partial charge on any atom is 0.347 e. The van der Waals surface area contributed by atoms with E-state index in [0.29, 0.717) is 41.4 Å². The first-order chi connectivity index (χ1) is 16.2. The van der Waals surface area contributed by atoms with Crippen molar-refractivity contribution in [3.05, 3.63) is 88.0 Å². The van der Waals surface area contributed by atoms with Gasteiger partial charge in [-0.25, -0.2) is 9.78 Å². The number of carbonyl (C=O) groups is 1. The van der Waals surface area contributed by atoms with Gasteiger partial charge < -0.3 is 19.6 Å². The van der Waals surface area contributed by atoms with Gasteiger partial charge in [0.05, 0.1) is 4.92 Å². The number of para-hydroxylation sites is 2. The molecule has 0 aliphatic carbocycles. The number of hydrogen-bond donors (Lipinski definition) is 2. The number of ether oxygens (including phenoxy) is 1. The second kappa shape index (κ2) is 9.32. The monoisotopic (exact) mass is 461 g/mol. The SMILES string of the molecule is CC(C)(Oc1ccc(CNCc2ccc([N+](=O)[O-])cc2-c2nc3ccccc3o2)cc1)C(=O)O. The first-order valence-electron chi connectivity index (χ1n) is 10.6. The van der Waals surface area contributed by atoms with Gasteiger partial charge in [0.2, 0.25) is 5.89 Å². The Morgan fingerprint density at radius 1 is 1.12 bits per heavy atom. The van der Waals surface area contributed by atoms with Crippen molar-refractivity contribution in [2.24, 2.45) is 0 Å². The molecule has 0 aliphatic heterocycles. The first kappa shape index (κ1) is 22.9. The molecule has 0 radical (unpaired) electrons. The zero-order chi connectivity index (χ0) is 24.3. The van der Waals surface area contributed by atoms with Gasteiger partial charge in [0.15, 0.2) is 11.2 Å². The topological polar surface area (TPSA) is 128 Å². The predicted molar refractivity (Wildman–Crippen MR) is 125 cm³/mol. The molecule has 0 unspecified atom stereocenters. The van der Waals surface area contributed by atoms with E-state index in [1.807, 2.05) is 30.3 Å². The summed E-state index contributed by atoms with van der Waals surface area (Å²) in [6, 6.07) is 19.1. The van der Waals surface area contributed by atoms with Crippen molar-refractivity contribution in [3.8, 4) is 17.2 Å². The lowest BCUT2D eigenvalue weighted by Gasteiger charge is -2.21. The largest absolute Gasteiger partial charge is 0.478 e. The number of aromatic nitrogens is 1. The number of rotatable bonds is 9. The lowest BCUT2D eigenvalue weighted by molar-refractivity contribution is -0.384. The Bertz CT molecular complexity index is 1310. The van der Waals surface area contributed by atoms with E-state index in [0.717, 1.165) is 11.1 Å². The van der Waals surface area contributed by atoms with Gasteiger partial charge in [0.25, 0.3) is 5.69 Å². The van der Waals surface area contributed by atoms with Gasteiger partial charge in [-0.1, -0.05) is 30.3 Å². The fourth-order valence-corrected chi connectivity index (χ4v) is 3.37. The van der Waals surface area contributed by atoms with Crippen LogP contribution < -0.4 is 10.1 Å². The summed E-state index contributed by atoms with van der Waals surface area (Å²) < 4.78 is 11.4. The normalized spacial score (nSPS) is 11.5. The Kier molecular flexibility index (Phi) is 6.29. The average Bonchev–Trinajstić information content (AvgIpc) is 3.24. The highest BCUT2D eigenvalue weighted by Gasteiger charge is 2.29. The van der Waals surface area contributed by atoms with Crippen LogP contribution in [-0.4, -0.2) is 26.6 Å². The molecule has 0 saturated carbocycles. The second-order valence-electron chi connectivity index (χ2n) is 8.25. The molecule has 0 saturated heterocycles. The van der Waals surface area contributed by atoms with E-state index in [9.17, 15) is 20.0 Å². The van der Waals surface area contributed by atoms with Crippen LogP contribution >= 0.6 is 0 Å². The summed E-state index contributed by atoms with van der Waals surface area (Å²) in [6.07, 6.45) is 0. The van der Waals surface area contributed by atoms with Crippen LogP contribution in [0.2, 0.25) is 0 Å². The molecule has 2 N–H and O–H groups in total. The number of hydrogen-bond acceptors (Lipinski definition) is 7. The number of carboxylic acids is 1. The van der Waals surface area contributed by atoms with E-state index >= 15 is 0 Å². The van der Waals surface area contributed by atoms with Gasteiger partial charge in [-0.3, -0.25) is 10.1 Å². The molecule has 34 heavy (non-hydrogen) atoms. The summed E-state index contributed by atoms with van der Waals surface area (Å²) in [6.45, 7) is 3.93. The minimum absolute atomic E-state index is 0.0409. The lowest BCUT2D eigenvalue weighted by Crippen LogP contribution is -2.37. The number of non-ortho nitro benzene ring substituents is 1. The van der Waals surface area contributed by atoms with Crippen LogP contribution in [0.1, 0.15) is 25.0 Å². The summed E-state index contributed by atoms with van der Waals surface area (Å²) in [4.78, 5) is 26.6. The molecule has 1 aromatic heterocycles. The zero-order valence-electron chi connectivity index (χ0n) is 18.6. The number of fused-ring (bicyclic) bond motifs is 1. The molecule has 0 bridgehead atoms. The quantitative estimate of drug-likeness (QED) is 0.265. The Balaban J connectivity index is 1.49. The Labute approximate surface area is 195 Å². The summed E-state index contributed by atoms with van der Waals surface area (Å²) >= 11 is 0. The highest BCUT2D eigenvalue weighted by atomic mass is 16.6. The number of nitrogens with one attached hydrogen (secondary N) is 1. The van der Waals surface area contributed by atoms with E-state index in [4.69, 9.17) is 9.15 Å². The van der Waals surface area contributed by atoms with Crippen LogP contribution in [0.15, 0.2) is 71.1 Å². The molecule has 0 fully saturated rings. The van der Waals surface area contributed by atoms with Gasteiger partial charge in [-0.15, -0.1) is 0 Å². The highest BCUT2D eigenvalue weighted by Crippen LogP contribution is 2.30. The first-order valence-corrected chi connectivity index (χ1v) is 10.6. The maximum absolute atomic E-state index is 11.3. The smallest absolute Gasteiger partial charge is 0.347 e. The van der Waals surface area contributed by atoms with Gasteiger partial charge in [-0.2, -0.15) is 0 Å². The average molecular weight is 461 g/mol. The molecule has 4 rings (SSSR count). The molecule has 9 nitrogen and oxygen atoms in total. The number of benzene rings is 3. The Morgan fingerprint density at radius 2 is 1.85 bits per heavy atom. The zero-order valence-corrected chi connectivity index (χ0v) is 18.6. The van der Waals surface area contributed by atoms with Crippen molar-refractivity contribution >= 4 is 22.8 Å². The molecule has 174 valence electrons. The molecular weight excluding hydrogens is 438 g/mol. The molecule has 3 aromatic carbocycles. The van der Waals surface area contributed by atoms with E-state index in [2.05, 4.69) is 10.3 Å². The molecule has 4 aromatic rings. The van der Waals surface area contributed by atoms with Crippen LogP contribution in [0.5, 0.6) is 5.75 Å². The third-order valence-corrected chi connectivity index (χ3v) is 5.28. The van der Waals surface area contributed by atoms with Crippen LogP contribution in [0.4, 0.5) is 5.69 Å². The number of oxazole rings is 1. The second-order valence-corrected chi connectivity index (χ2v) is 8.25. The summed E-state index contributed by atoms with van der Waals surface area (Å²) in [5, 5.41) is 23.8.